The first-order valence-electron chi connectivity index (χ1n) is 36.7. The lowest BCUT2D eigenvalue weighted by Crippen LogP contribution is -2.29. The largest absolute Gasteiger partial charge is 0.488 e. The average molecular weight is 1530 g/mol. The third-order valence-corrected chi connectivity index (χ3v) is 24.9. The molecule has 524 valence electrons. The molecule has 0 saturated heterocycles. The number of thiophene rings is 2. The van der Waals surface area contributed by atoms with Gasteiger partial charge in [0.15, 0.2) is 34.9 Å². The first-order chi connectivity index (χ1) is 55.2. The van der Waals surface area contributed by atoms with Gasteiger partial charge >= 0.3 is 7.12 Å². The van der Waals surface area contributed by atoms with Crippen molar-refractivity contribution in [2.45, 2.75) is 10.8 Å². The predicted molar refractivity (Wildman–Crippen MR) is 454 cm³/mol. The second-order valence-electron chi connectivity index (χ2n) is 28.0. The van der Waals surface area contributed by atoms with Crippen molar-refractivity contribution in [3.63, 3.8) is 0 Å². The zero-order valence-corrected chi connectivity index (χ0v) is 62.8. The number of benzene rings is 14. The van der Waals surface area contributed by atoms with E-state index in [-0.39, 0.29) is 0 Å². The van der Waals surface area contributed by atoms with Crippen LogP contribution in [0.25, 0.3) is 144 Å². The fourth-order valence-electron chi connectivity index (χ4n) is 17.3. The topological polar surface area (TPSA) is 165 Å². The highest BCUT2D eigenvalue weighted by molar-refractivity contribution is 9.10. The zero-order chi connectivity index (χ0) is 75.2. The van der Waals surface area contributed by atoms with Gasteiger partial charge in [-0.3, -0.25) is 0 Å². The number of aromatic nitrogens is 6. The molecule has 14 aromatic carbocycles. The molecular weight excluding hydrogens is 1480 g/mol. The molecule has 2 unspecified atom stereocenters. The number of rotatable bonds is 8. The Morgan fingerprint density at radius 1 is 0.286 bits per heavy atom. The lowest BCUT2D eigenvalue weighted by Gasteiger charge is -2.31. The Morgan fingerprint density at radius 2 is 0.607 bits per heavy atom. The van der Waals surface area contributed by atoms with E-state index < -0.39 is 17.9 Å². The van der Waals surface area contributed by atoms with Crippen molar-refractivity contribution in [1.82, 2.24) is 29.9 Å². The van der Waals surface area contributed by atoms with Gasteiger partial charge in [0.05, 0.1) is 34.1 Å². The van der Waals surface area contributed by atoms with Crippen LogP contribution in [0.4, 0.5) is 0 Å². The van der Waals surface area contributed by atoms with E-state index in [4.69, 9.17) is 45.2 Å². The highest BCUT2D eigenvalue weighted by Crippen LogP contribution is 2.67. The van der Waals surface area contributed by atoms with Crippen LogP contribution in [0.15, 0.2) is 343 Å². The van der Waals surface area contributed by atoms with E-state index >= 15 is 0 Å². The van der Waals surface area contributed by atoms with Crippen molar-refractivity contribution in [3.8, 4) is 136 Å². The van der Waals surface area contributed by atoms with Gasteiger partial charge in [0, 0.05) is 58.0 Å². The fraction of sp³-hybridized carbons (Fsp3) is 0.0204. The van der Waals surface area contributed by atoms with Gasteiger partial charge in [0.25, 0.3) is 0 Å². The minimum atomic E-state index is -1.46. The molecule has 2 spiro atoms. The van der Waals surface area contributed by atoms with Gasteiger partial charge in [-0.25, -0.2) is 29.9 Å². The molecule has 0 fully saturated rings. The van der Waals surface area contributed by atoms with Gasteiger partial charge in [0.2, 0.25) is 0 Å². The molecule has 14 heteroatoms. The SMILES string of the molecule is Brc1cc2c(c3ccsc13)-c1ccccc1C21c2ccccc2-c2ccc(-c3nc(-c4ccccc4)nc(-c4ccccc4)n3)cc21.N#Cc1ccc(-c2cc3c(c4ccsc24)-c2ccccc2C32c3ccccc3-c3ccc(-c4nc(-c5ccccc5)nc(-c5ccccc5)n4)cc32)cc1.N#Cc1ccc(B(O)O)cc1. The van der Waals surface area contributed by atoms with E-state index in [2.05, 4.69) is 227 Å². The Hall–Kier alpha value is -13.5. The first-order valence-corrected chi connectivity index (χ1v) is 39.3. The maximum atomic E-state index is 9.58. The molecule has 4 aliphatic carbocycles. The van der Waals surface area contributed by atoms with Gasteiger partial charge in [0.1, 0.15) is 0 Å². The Labute approximate surface area is 662 Å². The van der Waals surface area contributed by atoms with Gasteiger partial charge < -0.3 is 10.0 Å². The molecule has 22 rings (SSSR count). The van der Waals surface area contributed by atoms with Crippen molar-refractivity contribution >= 4 is 71.4 Å². The highest BCUT2D eigenvalue weighted by Gasteiger charge is 2.54. The molecule has 0 saturated carbocycles. The number of fused-ring (bicyclic) bond motifs is 24. The van der Waals surface area contributed by atoms with Crippen molar-refractivity contribution < 1.29 is 10.0 Å². The van der Waals surface area contributed by atoms with Crippen molar-refractivity contribution in [2.24, 2.45) is 0 Å². The van der Waals surface area contributed by atoms with E-state index in [1.165, 1.54) is 139 Å². The quantitative estimate of drug-likeness (QED) is 0.140. The van der Waals surface area contributed by atoms with Crippen molar-refractivity contribution in [3.05, 3.63) is 398 Å². The normalized spacial score (nSPS) is 14.4. The van der Waals surface area contributed by atoms with E-state index in [9.17, 15) is 5.26 Å². The molecule has 2 N–H and O–H groups in total. The molecular formula is C98H58BBrN8O2S2. The second kappa shape index (κ2) is 27.5. The molecule has 4 aliphatic rings. The summed E-state index contributed by atoms with van der Waals surface area (Å²) in [4.78, 5) is 30.4. The molecule has 0 amide bonds. The van der Waals surface area contributed by atoms with Crippen LogP contribution in [0, 0.1) is 22.7 Å². The summed E-state index contributed by atoms with van der Waals surface area (Å²) in [5, 5.41) is 42.2. The van der Waals surface area contributed by atoms with Crippen LogP contribution in [-0.2, 0) is 10.8 Å². The Bertz CT molecular complexity index is 6790. The Morgan fingerprint density at radius 3 is 1.01 bits per heavy atom. The van der Waals surface area contributed by atoms with E-state index in [1.807, 2.05) is 115 Å². The third kappa shape index (κ3) is 10.9. The van der Waals surface area contributed by atoms with Gasteiger partial charge in [-0.1, -0.05) is 267 Å². The molecule has 112 heavy (non-hydrogen) atoms. The standard InChI is InChI=1S/C49H28N4S.C42H24BrN3S.C7H6BNO2/c50-29-30-19-21-31(22-20-30)39-28-43-44(38-25-26-54-45(38)39)37-16-8-10-18-41(37)49(43)40-17-9-7-15-35(40)36-24-23-34(27-42(36)49)48-52-46(32-11-3-1-4-12-32)51-47(53-48)33-13-5-2-6-14-33;43-36-24-35-37(31-21-22-47-38(31)36)30-16-8-10-18-33(30)42(35)32-17-9-7-15-28(32)29-20-19-27(23-34(29)42)41-45-39(25-11-3-1-4-12-25)44-40(46-41)26-13-5-2-6-14-26;9-5-6-1-3-7(4-2-6)8(10)11/h1-28H;1-24H;1-4,10-11H. The van der Waals surface area contributed by atoms with E-state index in [0.29, 0.717) is 51.5 Å². The predicted octanol–water partition coefficient (Wildman–Crippen LogP) is 22.4. The summed E-state index contributed by atoms with van der Waals surface area (Å²) in [5.41, 5.74) is 28.8. The summed E-state index contributed by atoms with van der Waals surface area (Å²) in [5.74, 6) is 3.90. The molecule has 0 aliphatic heterocycles. The second-order valence-corrected chi connectivity index (χ2v) is 30.7. The molecule has 2 atom stereocenters. The van der Waals surface area contributed by atoms with Gasteiger partial charge in [-0.2, -0.15) is 10.5 Å². The number of nitrogens with zero attached hydrogens (tertiary/aromatic N) is 8. The maximum absolute atomic E-state index is 9.58. The summed E-state index contributed by atoms with van der Waals surface area (Å²) in [6.45, 7) is 0. The summed E-state index contributed by atoms with van der Waals surface area (Å²) in [6.07, 6.45) is 0. The summed E-state index contributed by atoms with van der Waals surface area (Å²) in [6, 6.07) is 118. The van der Waals surface area contributed by atoms with E-state index in [0.717, 1.165) is 43.4 Å². The highest BCUT2D eigenvalue weighted by atomic mass is 79.9. The minimum Gasteiger partial charge on any atom is -0.423 e. The summed E-state index contributed by atoms with van der Waals surface area (Å²) >= 11 is 7.54. The van der Waals surface area contributed by atoms with Crippen LogP contribution in [-0.4, -0.2) is 47.1 Å². The number of nitriles is 2. The summed E-state index contributed by atoms with van der Waals surface area (Å²) < 4.78 is 3.66. The molecule has 18 aromatic rings. The van der Waals surface area contributed by atoms with Crippen LogP contribution >= 0.6 is 38.6 Å². The van der Waals surface area contributed by atoms with E-state index in [1.54, 1.807) is 22.7 Å². The van der Waals surface area contributed by atoms with Crippen LogP contribution in [0.1, 0.15) is 55.6 Å². The average Bonchev–Trinajstić information content (AvgIpc) is 1.51. The van der Waals surface area contributed by atoms with Crippen LogP contribution < -0.4 is 5.46 Å². The molecule has 10 nitrogen and oxygen atoms in total. The maximum Gasteiger partial charge on any atom is 0.488 e. The Balaban J connectivity index is 0.000000129. The first kappa shape index (κ1) is 67.8. The van der Waals surface area contributed by atoms with Crippen molar-refractivity contribution in [2.75, 3.05) is 0 Å². The Kier molecular flexibility index (Phi) is 16.7. The van der Waals surface area contributed by atoms with Crippen LogP contribution in [0.5, 0.6) is 0 Å². The zero-order valence-electron chi connectivity index (χ0n) is 59.6. The number of hydrogen-bond acceptors (Lipinski definition) is 12. The number of hydrogen-bond donors (Lipinski definition) is 2. The van der Waals surface area contributed by atoms with Crippen LogP contribution in [0.2, 0.25) is 0 Å². The molecule has 4 heterocycles. The smallest absolute Gasteiger partial charge is 0.423 e. The third-order valence-electron chi connectivity index (χ3n) is 22.1. The molecule has 0 radical (unpaired) electrons. The van der Waals surface area contributed by atoms with Crippen molar-refractivity contribution in [1.29, 1.82) is 10.5 Å². The molecule has 0 bridgehead atoms. The summed E-state index contributed by atoms with van der Waals surface area (Å²) in [7, 11) is -1.46. The fourth-order valence-corrected chi connectivity index (χ4v) is 19.8. The van der Waals surface area contributed by atoms with Gasteiger partial charge in [-0.05, 0) is 193 Å². The minimum absolute atomic E-state index is 0.393. The van der Waals surface area contributed by atoms with Gasteiger partial charge in [-0.15, -0.1) is 22.7 Å². The monoisotopic (exact) mass is 1530 g/mol. The lowest BCUT2D eigenvalue weighted by atomic mass is 9.70. The number of halogens is 1. The lowest BCUT2D eigenvalue weighted by molar-refractivity contribution is 0.426. The molecule has 4 aromatic heterocycles. The van der Waals surface area contributed by atoms with Crippen LogP contribution in [0.3, 0.4) is 0 Å².